The molecule has 3 heteroatoms. The Kier molecular flexibility index (Phi) is 3.53. The van der Waals surface area contributed by atoms with Crippen LogP contribution in [0, 0.1) is 0 Å². The topological polar surface area (TPSA) is 34.1 Å². The van der Waals surface area contributed by atoms with Crippen LogP contribution in [0.3, 0.4) is 0 Å². The number of halogens is 1. The predicted molar refractivity (Wildman–Crippen MR) is 81.6 cm³/mol. The Labute approximate surface area is 125 Å². The number of Topliss-reactive ketones (excluding diaryl/α,β-unsaturated/α-hetero) is 2. The molecular weight excluding hydrogens is 316 g/mol. The third-order valence-electron chi connectivity index (χ3n) is 3.66. The van der Waals surface area contributed by atoms with Gasteiger partial charge in [0.15, 0.2) is 0 Å². The van der Waals surface area contributed by atoms with E-state index >= 15 is 0 Å². The Morgan fingerprint density at radius 2 is 1.50 bits per heavy atom. The lowest BCUT2D eigenvalue weighted by molar-refractivity contribution is -0.123. The molecule has 0 aliphatic heterocycles. The van der Waals surface area contributed by atoms with Crippen LogP contribution < -0.4 is 0 Å². The van der Waals surface area contributed by atoms with Gasteiger partial charge in [-0.15, -0.1) is 0 Å². The van der Waals surface area contributed by atoms with Gasteiger partial charge in [0.25, 0.3) is 0 Å². The lowest BCUT2D eigenvalue weighted by Gasteiger charge is -2.10. The van der Waals surface area contributed by atoms with E-state index in [1.54, 1.807) is 0 Å². The van der Waals surface area contributed by atoms with E-state index in [1.165, 1.54) is 0 Å². The van der Waals surface area contributed by atoms with Gasteiger partial charge in [0, 0.05) is 17.3 Å². The lowest BCUT2D eigenvalue weighted by Crippen LogP contribution is -2.11. The van der Waals surface area contributed by atoms with E-state index in [0.29, 0.717) is 12.8 Å². The first-order chi connectivity index (χ1) is 9.65. The fourth-order valence-corrected chi connectivity index (χ4v) is 2.89. The molecule has 2 aromatic carbocycles. The van der Waals surface area contributed by atoms with Crippen molar-refractivity contribution in [2.45, 2.75) is 18.8 Å². The molecule has 3 rings (SSSR count). The number of carbonyl (C=O) groups excluding carboxylic acids is 2. The molecular formula is C17H13BrO2. The number of rotatable bonds is 2. The van der Waals surface area contributed by atoms with Gasteiger partial charge in [-0.25, -0.2) is 0 Å². The van der Waals surface area contributed by atoms with Crippen LogP contribution in [-0.4, -0.2) is 11.6 Å². The van der Waals surface area contributed by atoms with Gasteiger partial charge in [0.2, 0.25) is 0 Å². The van der Waals surface area contributed by atoms with E-state index in [4.69, 9.17) is 0 Å². The minimum Gasteiger partial charge on any atom is -0.299 e. The summed E-state index contributed by atoms with van der Waals surface area (Å²) < 4.78 is 1.03. The van der Waals surface area contributed by atoms with Crippen LogP contribution in [0.15, 0.2) is 53.0 Å². The van der Waals surface area contributed by atoms with Crippen LogP contribution in [0.4, 0.5) is 0 Å². The van der Waals surface area contributed by atoms with Crippen molar-refractivity contribution in [3.05, 3.63) is 58.6 Å². The van der Waals surface area contributed by atoms with Crippen molar-refractivity contribution in [3.8, 4) is 11.1 Å². The molecule has 1 aliphatic rings. The van der Waals surface area contributed by atoms with E-state index in [1.807, 2.05) is 48.5 Å². The van der Waals surface area contributed by atoms with Crippen molar-refractivity contribution in [3.63, 3.8) is 0 Å². The van der Waals surface area contributed by atoms with Crippen molar-refractivity contribution < 1.29 is 9.59 Å². The summed E-state index contributed by atoms with van der Waals surface area (Å²) in [5.41, 5.74) is 2.92. The summed E-state index contributed by atoms with van der Waals surface area (Å²) in [4.78, 5) is 23.7. The minimum atomic E-state index is -0.551. The summed E-state index contributed by atoms with van der Waals surface area (Å²) in [6.07, 6.45) is 0.762. The maximum Gasteiger partial charge on any atom is 0.148 e. The molecule has 0 radical (unpaired) electrons. The first kappa shape index (κ1) is 13.3. The number of hydrogen-bond acceptors (Lipinski definition) is 2. The molecule has 0 N–H and O–H groups in total. The van der Waals surface area contributed by atoms with Crippen LogP contribution in [0.1, 0.15) is 24.3 Å². The molecule has 0 spiro atoms. The second-order valence-corrected chi connectivity index (χ2v) is 5.91. The Hall–Kier alpha value is -1.74. The summed E-state index contributed by atoms with van der Waals surface area (Å²) >= 11 is 3.41. The van der Waals surface area contributed by atoms with Gasteiger partial charge in [-0.3, -0.25) is 9.59 Å². The molecule has 0 bridgehead atoms. The van der Waals surface area contributed by atoms with Crippen LogP contribution in [0.25, 0.3) is 11.1 Å². The number of benzene rings is 2. The van der Waals surface area contributed by atoms with Gasteiger partial charge in [0.05, 0.1) is 0 Å². The van der Waals surface area contributed by atoms with Crippen LogP contribution in [0.2, 0.25) is 0 Å². The highest BCUT2D eigenvalue weighted by Gasteiger charge is 2.34. The molecule has 1 fully saturated rings. The molecule has 1 aliphatic carbocycles. The van der Waals surface area contributed by atoms with E-state index in [2.05, 4.69) is 15.9 Å². The van der Waals surface area contributed by atoms with Crippen LogP contribution >= 0.6 is 15.9 Å². The summed E-state index contributed by atoms with van der Waals surface area (Å²) in [5.74, 6) is -0.462. The van der Waals surface area contributed by atoms with E-state index in [9.17, 15) is 9.59 Å². The molecule has 2 aromatic rings. The molecule has 2 nitrogen and oxygen atoms in total. The van der Waals surface area contributed by atoms with Crippen molar-refractivity contribution in [2.24, 2.45) is 0 Å². The van der Waals surface area contributed by atoms with E-state index < -0.39 is 5.92 Å². The lowest BCUT2D eigenvalue weighted by atomic mass is 9.93. The predicted octanol–water partition coefficient (Wildman–Crippen LogP) is 4.13. The zero-order chi connectivity index (χ0) is 14.1. The van der Waals surface area contributed by atoms with Crippen LogP contribution in [0.5, 0.6) is 0 Å². The average Bonchev–Trinajstić information content (AvgIpc) is 2.79. The zero-order valence-corrected chi connectivity index (χ0v) is 12.4. The molecule has 0 amide bonds. The Morgan fingerprint density at radius 1 is 0.850 bits per heavy atom. The summed E-state index contributed by atoms with van der Waals surface area (Å²) in [6, 6.07) is 15.7. The molecule has 0 aromatic heterocycles. The number of carbonyl (C=O) groups is 2. The Morgan fingerprint density at radius 3 is 2.15 bits per heavy atom. The van der Waals surface area contributed by atoms with Crippen molar-refractivity contribution in [1.29, 1.82) is 0 Å². The van der Waals surface area contributed by atoms with Gasteiger partial charge in [0.1, 0.15) is 17.5 Å². The third-order valence-corrected chi connectivity index (χ3v) is 4.19. The molecule has 0 heterocycles. The highest BCUT2D eigenvalue weighted by atomic mass is 79.9. The van der Waals surface area contributed by atoms with Crippen molar-refractivity contribution >= 4 is 27.5 Å². The normalized spacial score (nSPS) is 15.8. The molecule has 100 valence electrons. The first-order valence-electron chi connectivity index (χ1n) is 6.56. The maximum absolute atomic E-state index is 11.9. The SMILES string of the molecule is O=C1CCC(=O)C1c1cccc(-c2ccc(Br)cc2)c1. The maximum atomic E-state index is 11.9. The van der Waals surface area contributed by atoms with Gasteiger partial charge < -0.3 is 0 Å². The monoisotopic (exact) mass is 328 g/mol. The highest BCUT2D eigenvalue weighted by Crippen LogP contribution is 2.31. The zero-order valence-electron chi connectivity index (χ0n) is 10.8. The summed E-state index contributed by atoms with van der Waals surface area (Å²) in [6.45, 7) is 0. The minimum absolute atomic E-state index is 0.0444. The standard InChI is InChI=1S/C17H13BrO2/c18-14-6-4-11(5-7-14)12-2-1-3-13(10-12)17-15(19)8-9-16(17)20/h1-7,10,17H,8-9H2. The van der Waals surface area contributed by atoms with Gasteiger partial charge in [-0.05, 0) is 34.9 Å². The summed E-state index contributed by atoms with van der Waals surface area (Å²) in [7, 11) is 0. The Bertz CT molecular complexity index is 658. The second kappa shape index (κ2) is 5.33. The van der Waals surface area contributed by atoms with E-state index in [-0.39, 0.29) is 11.6 Å². The highest BCUT2D eigenvalue weighted by molar-refractivity contribution is 9.10. The molecule has 1 saturated carbocycles. The second-order valence-electron chi connectivity index (χ2n) is 5.00. The average molecular weight is 329 g/mol. The fourth-order valence-electron chi connectivity index (χ4n) is 2.63. The van der Waals surface area contributed by atoms with Gasteiger partial charge in [-0.1, -0.05) is 46.3 Å². The number of ketones is 2. The Balaban J connectivity index is 1.99. The van der Waals surface area contributed by atoms with Gasteiger partial charge in [-0.2, -0.15) is 0 Å². The van der Waals surface area contributed by atoms with Crippen LogP contribution in [-0.2, 0) is 9.59 Å². The number of hydrogen-bond donors (Lipinski definition) is 0. The first-order valence-corrected chi connectivity index (χ1v) is 7.36. The third kappa shape index (κ3) is 2.46. The molecule has 0 saturated heterocycles. The largest absolute Gasteiger partial charge is 0.299 e. The van der Waals surface area contributed by atoms with Gasteiger partial charge >= 0.3 is 0 Å². The summed E-state index contributed by atoms with van der Waals surface area (Å²) in [5, 5.41) is 0. The van der Waals surface area contributed by atoms with Crippen molar-refractivity contribution in [2.75, 3.05) is 0 Å². The molecule has 20 heavy (non-hydrogen) atoms. The smallest absolute Gasteiger partial charge is 0.148 e. The molecule has 0 atom stereocenters. The molecule has 0 unspecified atom stereocenters. The van der Waals surface area contributed by atoms with Crippen molar-refractivity contribution in [1.82, 2.24) is 0 Å². The quantitative estimate of drug-likeness (QED) is 0.776. The fraction of sp³-hybridized carbons (Fsp3) is 0.176. The van der Waals surface area contributed by atoms with E-state index in [0.717, 1.165) is 21.2 Å².